The minimum absolute atomic E-state index is 0.275. The highest BCUT2D eigenvalue weighted by Crippen LogP contribution is 2.24. The van der Waals surface area contributed by atoms with Crippen LogP contribution in [0.1, 0.15) is 31.2 Å². The number of halogens is 1. The van der Waals surface area contributed by atoms with E-state index in [4.69, 9.17) is 10.00 Å². The number of nitriles is 1. The van der Waals surface area contributed by atoms with Gasteiger partial charge in [-0.25, -0.2) is 0 Å². The molecule has 16 heavy (non-hydrogen) atoms. The fourth-order valence-electron chi connectivity index (χ4n) is 2.21. The van der Waals surface area contributed by atoms with E-state index in [-0.39, 0.29) is 6.10 Å². The maximum absolute atomic E-state index is 9.09. The van der Waals surface area contributed by atoms with E-state index in [1.165, 1.54) is 5.69 Å². The molecular weight excluding hydrogens is 268 g/mol. The van der Waals surface area contributed by atoms with E-state index >= 15 is 0 Å². The molecule has 3 nitrogen and oxygen atoms in total. The fourth-order valence-corrected chi connectivity index (χ4v) is 2.92. The average Bonchev–Trinajstić information content (AvgIpc) is 2.87. The third-order valence-corrected chi connectivity index (χ3v) is 3.70. The number of nitrogens with zero attached hydrogens (tertiary/aromatic N) is 2. The Labute approximate surface area is 104 Å². The molecule has 1 aliphatic heterocycles. The SMILES string of the molecule is CCc1c(Br)cc(C#N)n1C[C@H]1CCCO1. The Morgan fingerprint density at radius 1 is 1.69 bits per heavy atom. The Morgan fingerprint density at radius 3 is 3.06 bits per heavy atom. The van der Waals surface area contributed by atoms with Crippen molar-refractivity contribution in [3.63, 3.8) is 0 Å². The van der Waals surface area contributed by atoms with Gasteiger partial charge in [0.2, 0.25) is 0 Å². The first kappa shape index (κ1) is 11.7. The third kappa shape index (κ3) is 2.16. The summed E-state index contributed by atoms with van der Waals surface area (Å²) in [5.74, 6) is 0. The first-order chi connectivity index (χ1) is 7.76. The number of hydrogen-bond acceptors (Lipinski definition) is 2. The molecule has 1 aliphatic rings. The van der Waals surface area contributed by atoms with Crippen LogP contribution in [0.4, 0.5) is 0 Å². The minimum Gasteiger partial charge on any atom is -0.376 e. The van der Waals surface area contributed by atoms with Crippen LogP contribution in [0.2, 0.25) is 0 Å². The van der Waals surface area contributed by atoms with Crippen molar-refractivity contribution in [1.82, 2.24) is 4.57 Å². The van der Waals surface area contributed by atoms with Crippen LogP contribution in [0.3, 0.4) is 0 Å². The van der Waals surface area contributed by atoms with E-state index in [9.17, 15) is 0 Å². The minimum atomic E-state index is 0.275. The summed E-state index contributed by atoms with van der Waals surface area (Å²) in [4.78, 5) is 0. The first-order valence-electron chi connectivity index (χ1n) is 5.65. The van der Waals surface area contributed by atoms with E-state index in [2.05, 4.69) is 33.5 Å². The summed E-state index contributed by atoms with van der Waals surface area (Å²) in [5.41, 5.74) is 1.91. The molecule has 2 rings (SSSR count). The molecule has 86 valence electrons. The Bertz CT molecular complexity index is 413. The Morgan fingerprint density at radius 2 is 2.50 bits per heavy atom. The van der Waals surface area contributed by atoms with Crippen molar-refractivity contribution in [3.8, 4) is 6.07 Å². The van der Waals surface area contributed by atoms with Gasteiger partial charge in [-0.15, -0.1) is 0 Å². The maximum Gasteiger partial charge on any atom is 0.121 e. The van der Waals surface area contributed by atoms with Gasteiger partial charge in [0.05, 0.1) is 6.10 Å². The summed E-state index contributed by atoms with van der Waals surface area (Å²) in [6, 6.07) is 4.14. The van der Waals surface area contributed by atoms with Gasteiger partial charge in [-0.1, -0.05) is 6.92 Å². The lowest BCUT2D eigenvalue weighted by molar-refractivity contribution is 0.0962. The second kappa shape index (κ2) is 5.03. The average molecular weight is 283 g/mol. The lowest BCUT2D eigenvalue weighted by Gasteiger charge is -2.14. The van der Waals surface area contributed by atoms with Crippen LogP contribution in [-0.2, 0) is 17.7 Å². The van der Waals surface area contributed by atoms with Crippen LogP contribution in [0.15, 0.2) is 10.5 Å². The van der Waals surface area contributed by atoms with Crippen molar-refractivity contribution in [1.29, 1.82) is 5.26 Å². The molecule has 0 radical (unpaired) electrons. The predicted octanol–water partition coefficient (Wildman–Crippen LogP) is 2.86. The molecule has 2 heterocycles. The molecule has 1 aromatic heterocycles. The number of rotatable bonds is 3. The third-order valence-electron chi connectivity index (χ3n) is 3.02. The predicted molar refractivity (Wildman–Crippen MR) is 65.2 cm³/mol. The van der Waals surface area contributed by atoms with Crippen LogP contribution in [0, 0.1) is 11.3 Å². The van der Waals surface area contributed by atoms with Gasteiger partial charge in [-0.2, -0.15) is 5.26 Å². The van der Waals surface area contributed by atoms with Crippen molar-refractivity contribution in [2.75, 3.05) is 6.61 Å². The van der Waals surface area contributed by atoms with E-state index < -0.39 is 0 Å². The Kier molecular flexibility index (Phi) is 3.67. The zero-order valence-corrected chi connectivity index (χ0v) is 11.0. The van der Waals surface area contributed by atoms with E-state index in [1.807, 2.05) is 6.07 Å². The van der Waals surface area contributed by atoms with Gasteiger partial charge in [0.1, 0.15) is 11.8 Å². The second-order valence-electron chi connectivity index (χ2n) is 4.04. The van der Waals surface area contributed by atoms with Gasteiger partial charge in [0.15, 0.2) is 0 Å². The number of aromatic nitrogens is 1. The van der Waals surface area contributed by atoms with E-state index in [1.54, 1.807) is 0 Å². The summed E-state index contributed by atoms with van der Waals surface area (Å²) in [6.45, 7) is 3.77. The zero-order chi connectivity index (χ0) is 11.5. The molecule has 1 saturated heterocycles. The van der Waals surface area contributed by atoms with Gasteiger partial charge in [-0.05, 0) is 41.3 Å². The van der Waals surface area contributed by atoms with Crippen molar-refractivity contribution >= 4 is 15.9 Å². The van der Waals surface area contributed by atoms with Crippen molar-refractivity contribution in [2.24, 2.45) is 0 Å². The number of ether oxygens (including phenoxy) is 1. The van der Waals surface area contributed by atoms with Crippen LogP contribution in [-0.4, -0.2) is 17.3 Å². The standard InChI is InChI=1S/C12H15BrN2O/c1-2-12-11(13)6-9(7-14)15(12)8-10-4-3-5-16-10/h6,10H,2-5,8H2,1H3/t10-/m1/s1. The van der Waals surface area contributed by atoms with Crippen LogP contribution < -0.4 is 0 Å². The molecule has 0 saturated carbocycles. The van der Waals surface area contributed by atoms with Crippen LogP contribution in [0.5, 0.6) is 0 Å². The molecular formula is C12H15BrN2O. The highest BCUT2D eigenvalue weighted by molar-refractivity contribution is 9.10. The Balaban J connectivity index is 2.26. The van der Waals surface area contributed by atoms with E-state index in [0.717, 1.165) is 42.6 Å². The molecule has 0 unspecified atom stereocenters. The van der Waals surface area contributed by atoms with Gasteiger partial charge in [-0.3, -0.25) is 0 Å². The molecule has 0 N–H and O–H groups in total. The molecule has 0 aliphatic carbocycles. The molecule has 4 heteroatoms. The maximum atomic E-state index is 9.09. The molecule has 0 aromatic carbocycles. The Hall–Kier alpha value is -0.790. The molecule has 1 aromatic rings. The number of hydrogen-bond donors (Lipinski definition) is 0. The summed E-state index contributed by atoms with van der Waals surface area (Å²) < 4.78 is 8.73. The second-order valence-corrected chi connectivity index (χ2v) is 4.89. The highest BCUT2D eigenvalue weighted by atomic mass is 79.9. The lowest BCUT2D eigenvalue weighted by Crippen LogP contribution is -2.17. The van der Waals surface area contributed by atoms with Crippen molar-refractivity contribution in [3.05, 3.63) is 21.9 Å². The molecule has 0 spiro atoms. The highest BCUT2D eigenvalue weighted by Gasteiger charge is 2.20. The van der Waals surface area contributed by atoms with Gasteiger partial charge >= 0.3 is 0 Å². The lowest BCUT2D eigenvalue weighted by atomic mass is 10.2. The largest absolute Gasteiger partial charge is 0.376 e. The fraction of sp³-hybridized carbons (Fsp3) is 0.583. The topological polar surface area (TPSA) is 38.0 Å². The first-order valence-corrected chi connectivity index (χ1v) is 6.45. The monoisotopic (exact) mass is 282 g/mol. The summed E-state index contributed by atoms with van der Waals surface area (Å²) in [5, 5.41) is 9.09. The summed E-state index contributed by atoms with van der Waals surface area (Å²) in [7, 11) is 0. The van der Waals surface area contributed by atoms with Crippen molar-refractivity contribution < 1.29 is 4.74 Å². The summed E-state index contributed by atoms with van der Waals surface area (Å²) >= 11 is 3.51. The quantitative estimate of drug-likeness (QED) is 0.855. The summed E-state index contributed by atoms with van der Waals surface area (Å²) in [6.07, 6.45) is 3.44. The van der Waals surface area contributed by atoms with Gasteiger partial charge in [0.25, 0.3) is 0 Å². The molecule has 0 bridgehead atoms. The van der Waals surface area contributed by atoms with Gasteiger partial charge in [0, 0.05) is 23.3 Å². The van der Waals surface area contributed by atoms with Crippen LogP contribution >= 0.6 is 15.9 Å². The molecule has 1 fully saturated rings. The smallest absolute Gasteiger partial charge is 0.121 e. The van der Waals surface area contributed by atoms with Crippen LogP contribution in [0.25, 0.3) is 0 Å². The van der Waals surface area contributed by atoms with Gasteiger partial charge < -0.3 is 9.30 Å². The zero-order valence-electron chi connectivity index (χ0n) is 9.37. The normalized spacial score (nSPS) is 19.9. The van der Waals surface area contributed by atoms with E-state index in [0.29, 0.717) is 0 Å². The van der Waals surface area contributed by atoms with Crippen molar-refractivity contribution in [2.45, 2.75) is 38.8 Å². The molecule has 1 atom stereocenters. The molecule has 0 amide bonds.